The summed E-state index contributed by atoms with van der Waals surface area (Å²) in [6.07, 6.45) is 0. The number of hydrogen-bond acceptors (Lipinski definition) is 4. The van der Waals surface area contributed by atoms with Crippen molar-refractivity contribution < 1.29 is 4.79 Å². The highest BCUT2D eigenvalue weighted by Crippen LogP contribution is 2.27. The summed E-state index contributed by atoms with van der Waals surface area (Å²) >= 11 is 1.33. The van der Waals surface area contributed by atoms with Crippen LogP contribution in [-0.2, 0) is 0 Å². The molecule has 2 heterocycles. The lowest BCUT2D eigenvalue weighted by atomic mass is 10.1. The summed E-state index contributed by atoms with van der Waals surface area (Å²) in [5, 5.41) is 10.9. The van der Waals surface area contributed by atoms with Gasteiger partial charge in [-0.3, -0.25) is 4.79 Å². The van der Waals surface area contributed by atoms with Crippen molar-refractivity contribution in [3.8, 4) is 6.07 Å². The molecule has 0 saturated heterocycles. The number of aromatic amines is 1. The van der Waals surface area contributed by atoms with E-state index in [0.717, 1.165) is 33.4 Å². The Bertz CT molecular complexity index is 982. The van der Waals surface area contributed by atoms with Gasteiger partial charge in [0, 0.05) is 27.9 Å². The van der Waals surface area contributed by atoms with E-state index < -0.39 is 0 Å². The number of nitriles is 1. The smallest absolute Gasteiger partial charge is 0.175 e. The highest BCUT2D eigenvalue weighted by atomic mass is 32.2. The summed E-state index contributed by atoms with van der Waals surface area (Å²) in [4.78, 5) is 20.4. The minimum absolute atomic E-state index is 0.0415. The average Bonchev–Trinajstić information content (AvgIpc) is 2.88. The summed E-state index contributed by atoms with van der Waals surface area (Å²) in [5.41, 5.74) is 4.85. The number of Topliss-reactive ketones (excluding diaryl/α,β-unsaturated/α-hetero) is 1. The van der Waals surface area contributed by atoms with Gasteiger partial charge in [-0.2, -0.15) is 5.26 Å². The van der Waals surface area contributed by atoms with Crippen LogP contribution in [0.4, 0.5) is 0 Å². The van der Waals surface area contributed by atoms with E-state index >= 15 is 0 Å². The maximum atomic E-state index is 12.7. The van der Waals surface area contributed by atoms with E-state index in [4.69, 9.17) is 0 Å². The Balaban J connectivity index is 1.89. The van der Waals surface area contributed by atoms with E-state index in [1.54, 1.807) is 0 Å². The molecule has 0 aliphatic rings. The van der Waals surface area contributed by atoms with Crippen molar-refractivity contribution in [3.63, 3.8) is 0 Å². The molecule has 0 aliphatic carbocycles. The van der Waals surface area contributed by atoms with E-state index in [1.807, 2.05) is 51.1 Å². The van der Waals surface area contributed by atoms with Gasteiger partial charge in [0.15, 0.2) is 5.78 Å². The molecule has 4 nitrogen and oxygen atoms in total. The van der Waals surface area contributed by atoms with Crippen molar-refractivity contribution in [2.45, 2.75) is 25.8 Å². The highest BCUT2D eigenvalue weighted by Gasteiger charge is 2.17. The van der Waals surface area contributed by atoms with Crippen LogP contribution in [-0.4, -0.2) is 21.5 Å². The number of nitrogens with zero attached hydrogens (tertiary/aromatic N) is 2. The molecule has 3 rings (SSSR count). The molecule has 0 radical (unpaired) electrons. The number of thioether (sulfide) groups is 1. The van der Waals surface area contributed by atoms with Crippen molar-refractivity contribution in [2.75, 3.05) is 5.75 Å². The first-order chi connectivity index (χ1) is 11.5. The lowest BCUT2D eigenvalue weighted by molar-refractivity contribution is 0.102. The molecule has 0 amide bonds. The summed E-state index contributed by atoms with van der Waals surface area (Å²) in [6, 6.07) is 11.9. The number of fused-ring (bicyclic) bond motifs is 1. The Morgan fingerprint density at radius 3 is 2.79 bits per heavy atom. The molecule has 0 unspecified atom stereocenters. The van der Waals surface area contributed by atoms with E-state index in [0.29, 0.717) is 10.6 Å². The van der Waals surface area contributed by atoms with Gasteiger partial charge in [-0.1, -0.05) is 30.0 Å². The minimum atomic E-state index is 0.0415. The number of benzene rings is 1. The van der Waals surface area contributed by atoms with Crippen LogP contribution in [0.3, 0.4) is 0 Å². The second kappa shape index (κ2) is 6.50. The van der Waals surface area contributed by atoms with Crippen LogP contribution in [0.2, 0.25) is 0 Å². The van der Waals surface area contributed by atoms with Crippen molar-refractivity contribution in [3.05, 3.63) is 58.4 Å². The molecular formula is C19H17N3OS. The minimum Gasteiger partial charge on any atom is -0.358 e. The van der Waals surface area contributed by atoms with Gasteiger partial charge in [0.2, 0.25) is 0 Å². The van der Waals surface area contributed by atoms with Crippen LogP contribution in [0, 0.1) is 32.1 Å². The predicted octanol–water partition coefficient (Wildman–Crippen LogP) is 4.33. The van der Waals surface area contributed by atoms with Gasteiger partial charge in [-0.05, 0) is 38.5 Å². The first-order valence-electron chi connectivity index (χ1n) is 7.63. The van der Waals surface area contributed by atoms with Crippen LogP contribution in [0.15, 0.2) is 35.4 Å². The van der Waals surface area contributed by atoms with Crippen molar-refractivity contribution >= 4 is 28.4 Å². The molecule has 0 fully saturated rings. The molecule has 3 aromatic rings. The van der Waals surface area contributed by atoms with Crippen molar-refractivity contribution in [1.29, 1.82) is 5.26 Å². The maximum Gasteiger partial charge on any atom is 0.175 e. The van der Waals surface area contributed by atoms with Gasteiger partial charge < -0.3 is 4.98 Å². The summed E-state index contributed by atoms with van der Waals surface area (Å²) in [7, 11) is 0. The molecule has 1 aromatic carbocycles. The SMILES string of the molecule is Cc1cc(C)c(C#N)c(SCC(=O)c2c(C)[nH]c3ccccc23)n1. The van der Waals surface area contributed by atoms with Crippen LogP contribution in [0.5, 0.6) is 0 Å². The van der Waals surface area contributed by atoms with Gasteiger partial charge in [-0.25, -0.2) is 4.98 Å². The average molecular weight is 335 g/mol. The van der Waals surface area contributed by atoms with Gasteiger partial charge in [0.25, 0.3) is 0 Å². The van der Waals surface area contributed by atoms with E-state index in [-0.39, 0.29) is 11.5 Å². The number of carbonyl (C=O) groups is 1. The second-order valence-corrected chi connectivity index (χ2v) is 6.72. The van der Waals surface area contributed by atoms with Gasteiger partial charge in [0.05, 0.1) is 11.3 Å². The zero-order valence-corrected chi connectivity index (χ0v) is 14.6. The number of pyridine rings is 1. The molecule has 24 heavy (non-hydrogen) atoms. The molecule has 5 heteroatoms. The molecule has 0 spiro atoms. The maximum absolute atomic E-state index is 12.7. The Kier molecular flexibility index (Phi) is 4.41. The third-order valence-corrected chi connectivity index (χ3v) is 4.91. The van der Waals surface area contributed by atoms with E-state index in [1.165, 1.54) is 11.8 Å². The summed E-state index contributed by atoms with van der Waals surface area (Å²) in [6.45, 7) is 5.69. The third-order valence-electron chi connectivity index (χ3n) is 3.94. The highest BCUT2D eigenvalue weighted by molar-refractivity contribution is 8.00. The number of rotatable bonds is 4. The lowest BCUT2D eigenvalue weighted by Crippen LogP contribution is -2.05. The number of carbonyl (C=O) groups excluding carboxylic acids is 1. The molecule has 0 atom stereocenters. The first kappa shape index (κ1) is 16.3. The molecule has 0 saturated carbocycles. The fourth-order valence-corrected chi connectivity index (χ4v) is 3.86. The standard InChI is InChI=1S/C19H17N3OS/c1-11-8-12(2)21-19(15(11)9-20)24-10-17(23)18-13(3)22-16-7-5-4-6-14(16)18/h4-8,22H,10H2,1-3H3. The number of ketones is 1. The summed E-state index contributed by atoms with van der Waals surface area (Å²) < 4.78 is 0. The zero-order chi connectivity index (χ0) is 17.3. The fraction of sp³-hybridized carbons (Fsp3) is 0.211. The number of para-hydroxylation sites is 1. The van der Waals surface area contributed by atoms with Gasteiger partial charge in [0.1, 0.15) is 11.1 Å². The summed E-state index contributed by atoms with van der Waals surface area (Å²) in [5.74, 6) is 0.299. The molecule has 1 N–H and O–H groups in total. The second-order valence-electron chi connectivity index (χ2n) is 5.75. The van der Waals surface area contributed by atoms with Crippen LogP contribution in [0.25, 0.3) is 10.9 Å². The largest absolute Gasteiger partial charge is 0.358 e. The molecule has 2 aromatic heterocycles. The van der Waals surface area contributed by atoms with Crippen LogP contribution in [0.1, 0.15) is 32.9 Å². The topological polar surface area (TPSA) is 69.5 Å². The number of aromatic nitrogens is 2. The third kappa shape index (κ3) is 2.93. The van der Waals surface area contributed by atoms with Crippen molar-refractivity contribution in [2.24, 2.45) is 0 Å². The molecule has 0 aliphatic heterocycles. The van der Waals surface area contributed by atoms with E-state index in [2.05, 4.69) is 16.0 Å². The van der Waals surface area contributed by atoms with Crippen LogP contribution < -0.4 is 0 Å². The normalized spacial score (nSPS) is 10.8. The number of nitrogens with one attached hydrogen (secondary N) is 1. The molecule has 120 valence electrons. The Morgan fingerprint density at radius 1 is 1.29 bits per heavy atom. The predicted molar refractivity (Wildman–Crippen MR) is 96.5 cm³/mol. The monoisotopic (exact) mass is 335 g/mol. The molecular weight excluding hydrogens is 318 g/mol. The van der Waals surface area contributed by atoms with E-state index in [9.17, 15) is 10.1 Å². The van der Waals surface area contributed by atoms with Gasteiger partial charge >= 0.3 is 0 Å². The quantitative estimate of drug-likeness (QED) is 0.569. The number of hydrogen-bond donors (Lipinski definition) is 1. The Labute approximate surface area is 144 Å². The number of aryl methyl sites for hydroxylation is 3. The first-order valence-corrected chi connectivity index (χ1v) is 8.61. The molecule has 0 bridgehead atoms. The lowest BCUT2D eigenvalue weighted by Gasteiger charge is -2.07. The Morgan fingerprint density at radius 2 is 2.04 bits per heavy atom. The van der Waals surface area contributed by atoms with Gasteiger partial charge in [-0.15, -0.1) is 0 Å². The Hall–Kier alpha value is -2.58. The number of H-pyrrole nitrogens is 1. The fourth-order valence-electron chi connectivity index (χ4n) is 2.88. The van der Waals surface area contributed by atoms with Crippen LogP contribution >= 0.6 is 11.8 Å². The van der Waals surface area contributed by atoms with Crippen molar-refractivity contribution in [1.82, 2.24) is 9.97 Å². The zero-order valence-electron chi connectivity index (χ0n) is 13.8.